The minimum absolute atomic E-state index is 0.551. The van der Waals surface area contributed by atoms with Gasteiger partial charge in [-0.25, -0.2) is 4.98 Å². The second-order valence-corrected chi connectivity index (χ2v) is 3.14. The fourth-order valence-corrected chi connectivity index (χ4v) is 1.18. The quantitative estimate of drug-likeness (QED) is 0.731. The molecular weight excluding hydrogens is 172 g/mol. The number of rotatable bonds is 3. The topological polar surface area (TPSA) is 24.9 Å². The summed E-state index contributed by atoms with van der Waals surface area (Å²) in [6.07, 6.45) is 2.88. The van der Waals surface area contributed by atoms with Crippen LogP contribution in [0.15, 0.2) is 12.3 Å². The SMILES string of the molecule is CCCNc1cnc(Cl)cc1C. The number of anilines is 1. The molecule has 12 heavy (non-hydrogen) atoms. The Hall–Kier alpha value is -0.760. The highest BCUT2D eigenvalue weighted by atomic mass is 35.5. The Morgan fingerprint density at radius 3 is 2.92 bits per heavy atom. The maximum absolute atomic E-state index is 5.71. The van der Waals surface area contributed by atoms with Crippen LogP contribution in [0.25, 0.3) is 0 Å². The molecule has 0 aliphatic heterocycles. The summed E-state index contributed by atoms with van der Waals surface area (Å²) in [5.41, 5.74) is 2.21. The molecule has 0 aliphatic carbocycles. The first-order valence-corrected chi connectivity index (χ1v) is 4.48. The molecule has 0 saturated carbocycles. The predicted octanol–water partition coefficient (Wildman–Crippen LogP) is 2.87. The number of hydrogen-bond acceptors (Lipinski definition) is 2. The number of halogens is 1. The van der Waals surface area contributed by atoms with Gasteiger partial charge in [-0.05, 0) is 25.0 Å². The Bertz CT molecular complexity index is 261. The summed E-state index contributed by atoms with van der Waals surface area (Å²) in [5.74, 6) is 0. The first kappa shape index (κ1) is 9.33. The van der Waals surface area contributed by atoms with Crippen molar-refractivity contribution in [3.8, 4) is 0 Å². The average Bonchev–Trinajstić information content (AvgIpc) is 2.03. The molecule has 1 N–H and O–H groups in total. The zero-order valence-corrected chi connectivity index (χ0v) is 8.15. The van der Waals surface area contributed by atoms with Crippen molar-refractivity contribution in [2.45, 2.75) is 20.3 Å². The van der Waals surface area contributed by atoms with Crippen molar-refractivity contribution >= 4 is 17.3 Å². The Morgan fingerprint density at radius 1 is 1.58 bits per heavy atom. The van der Waals surface area contributed by atoms with Crippen LogP contribution in [0.3, 0.4) is 0 Å². The van der Waals surface area contributed by atoms with Crippen molar-refractivity contribution in [1.29, 1.82) is 0 Å². The molecule has 1 aromatic heterocycles. The van der Waals surface area contributed by atoms with Gasteiger partial charge in [-0.2, -0.15) is 0 Å². The van der Waals surface area contributed by atoms with E-state index < -0.39 is 0 Å². The van der Waals surface area contributed by atoms with E-state index in [4.69, 9.17) is 11.6 Å². The van der Waals surface area contributed by atoms with Crippen LogP contribution >= 0.6 is 11.6 Å². The normalized spacial score (nSPS) is 9.92. The van der Waals surface area contributed by atoms with E-state index in [-0.39, 0.29) is 0 Å². The molecule has 2 nitrogen and oxygen atoms in total. The monoisotopic (exact) mass is 184 g/mol. The number of nitrogens with one attached hydrogen (secondary N) is 1. The lowest BCUT2D eigenvalue weighted by Gasteiger charge is -2.07. The van der Waals surface area contributed by atoms with Gasteiger partial charge in [-0.15, -0.1) is 0 Å². The Balaban J connectivity index is 2.72. The second kappa shape index (κ2) is 4.31. The molecule has 0 aromatic carbocycles. The molecule has 66 valence electrons. The van der Waals surface area contributed by atoms with Crippen LogP contribution in [0.4, 0.5) is 5.69 Å². The van der Waals surface area contributed by atoms with E-state index in [1.54, 1.807) is 6.20 Å². The summed E-state index contributed by atoms with van der Waals surface area (Å²) in [7, 11) is 0. The summed E-state index contributed by atoms with van der Waals surface area (Å²) in [6.45, 7) is 5.13. The Labute approximate surface area is 78.0 Å². The summed E-state index contributed by atoms with van der Waals surface area (Å²) < 4.78 is 0. The average molecular weight is 185 g/mol. The number of aryl methyl sites for hydroxylation is 1. The maximum atomic E-state index is 5.71. The van der Waals surface area contributed by atoms with E-state index in [9.17, 15) is 0 Å². The molecule has 0 bridgehead atoms. The van der Waals surface area contributed by atoms with Crippen LogP contribution < -0.4 is 5.32 Å². The summed E-state index contributed by atoms with van der Waals surface area (Å²) >= 11 is 5.71. The molecule has 0 spiro atoms. The van der Waals surface area contributed by atoms with Crippen molar-refractivity contribution in [3.63, 3.8) is 0 Å². The molecule has 0 atom stereocenters. The molecule has 1 rings (SSSR count). The second-order valence-electron chi connectivity index (χ2n) is 2.75. The van der Waals surface area contributed by atoms with Crippen LogP contribution in [0, 0.1) is 6.92 Å². The third kappa shape index (κ3) is 2.38. The fourth-order valence-electron chi connectivity index (χ4n) is 0.966. The first-order chi connectivity index (χ1) is 5.74. The minimum atomic E-state index is 0.551. The molecule has 0 saturated heterocycles. The van der Waals surface area contributed by atoms with E-state index in [1.165, 1.54) is 0 Å². The zero-order chi connectivity index (χ0) is 8.97. The lowest BCUT2D eigenvalue weighted by Crippen LogP contribution is -2.01. The van der Waals surface area contributed by atoms with Crippen LogP contribution in [-0.4, -0.2) is 11.5 Å². The smallest absolute Gasteiger partial charge is 0.129 e. The molecule has 0 amide bonds. The molecule has 0 unspecified atom stereocenters. The third-order valence-electron chi connectivity index (χ3n) is 1.64. The minimum Gasteiger partial charge on any atom is -0.384 e. The van der Waals surface area contributed by atoms with Crippen LogP contribution in [0.1, 0.15) is 18.9 Å². The van der Waals surface area contributed by atoms with Crippen molar-refractivity contribution in [1.82, 2.24) is 4.98 Å². The lowest BCUT2D eigenvalue weighted by molar-refractivity contribution is 0.975. The highest BCUT2D eigenvalue weighted by Gasteiger charge is 1.97. The molecule has 1 heterocycles. The van der Waals surface area contributed by atoms with Crippen molar-refractivity contribution in [3.05, 3.63) is 23.0 Å². The Morgan fingerprint density at radius 2 is 2.33 bits per heavy atom. The Kier molecular flexibility index (Phi) is 3.35. The highest BCUT2D eigenvalue weighted by molar-refractivity contribution is 6.29. The van der Waals surface area contributed by atoms with Crippen molar-refractivity contribution in [2.75, 3.05) is 11.9 Å². The van der Waals surface area contributed by atoms with Crippen molar-refractivity contribution < 1.29 is 0 Å². The van der Waals surface area contributed by atoms with Gasteiger partial charge in [-0.1, -0.05) is 18.5 Å². The number of pyridine rings is 1. The summed E-state index contributed by atoms with van der Waals surface area (Å²) in [4.78, 5) is 4.00. The number of hydrogen-bond donors (Lipinski definition) is 1. The van der Waals surface area contributed by atoms with E-state index in [2.05, 4.69) is 17.2 Å². The molecule has 0 radical (unpaired) electrons. The molecule has 3 heteroatoms. The van der Waals surface area contributed by atoms with E-state index >= 15 is 0 Å². The first-order valence-electron chi connectivity index (χ1n) is 4.10. The fraction of sp³-hybridized carbons (Fsp3) is 0.444. The van der Waals surface area contributed by atoms with Gasteiger partial charge < -0.3 is 5.32 Å². The van der Waals surface area contributed by atoms with Gasteiger partial charge in [0.1, 0.15) is 5.15 Å². The van der Waals surface area contributed by atoms with Crippen LogP contribution in [-0.2, 0) is 0 Å². The maximum Gasteiger partial charge on any atom is 0.129 e. The van der Waals surface area contributed by atoms with Gasteiger partial charge in [0.05, 0.1) is 11.9 Å². The van der Waals surface area contributed by atoms with Crippen LogP contribution in [0.2, 0.25) is 5.15 Å². The van der Waals surface area contributed by atoms with Gasteiger partial charge in [0, 0.05) is 6.54 Å². The molecular formula is C9H13ClN2. The van der Waals surface area contributed by atoms with Gasteiger partial charge in [0.15, 0.2) is 0 Å². The van der Waals surface area contributed by atoms with E-state index in [0.717, 1.165) is 24.2 Å². The third-order valence-corrected chi connectivity index (χ3v) is 1.85. The number of aromatic nitrogens is 1. The van der Waals surface area contributed by atoms with Gasteiger partial charge >= 0.3 is 0 Å². The van der Waals surface area contributed by atoms with E-state index in [1.807, 2.05) is 13.0 Å². The van der Waals surface area contributed by atoms with Crippen LogP contribution in [0.5, 0.6) is 0 Å². The van der Waals surface area contributed by atoms with Gasteiger partial charge in [0.25, 0.3) is 0 Å². The van der Waals surface area contributed by atoms with Crippen molar-refractivity contribution in [2.24, 2.45) is 0 Å². The molecule has 1 aromatic rings. The predicted molar refractivity (Wildman–Crippen MR) is 52.8 cm³/mol. The lowest BCUT2D eigenvalue weighted by atomic mass is 10.2. The summed E-state index contributed by atoms with van der Waals surface area (Å²) in [5, 5.41) is 3.82. The van der Waals surface area contributed by atoms with Gasteiger partial charge in [0.2, 0.25) is 0 Å². The molecule has 0 fully saturated rings. The molecule has 0 aliphatic rings. The summed E-state index contributed by atoms with van der Waals surface area (Å²) in [6, 6.07) is 1.86. The standard InChI is InChI=1S/C9H13ClN2/c1-3-4-11-8-6-12-9(10)5-7(8)2/h5-6,11H,3-4H2,1-2H3. The largest absolute Gasteiger partial charge is 0.384 e. The zero-order valence-electron chi connectivity index (χ0n) is 7.39. The van der Waals surface area contributed by atoms with Gasteiger partial charge in [-0.3, -0.25) is 0 Å². The van der Waals surface area contributed by atoms with E-state index in [0.29, 0.717) is 5.15 Å². The highest BCUT2D eigenvalue weighted by Crippen LogP contribution is 2.16. The number of nitrogens with zero attached hydrogens (tertiary/aromatic N) is 1.